The highest BCUT2D eigenvalue weighted by molar-refractivity contribution is 5.91. The van der Waals surface area contributed by atoms with Gasteiger partial charge in [0, 0.05) is 18.5 Å². The fourth-order valence-corrected chi connectivity index (χ4v) is 1.91. The topological polar surface area (TPSA) is 29.1 Å². The third-order valence-electron chi connectivity index (χ3n) is 3.49. The maximum absolute atomic E-state index is 11.3. The summed E-state index contributed by atoms with van der Waals surface area (Å²) in [4.78, 5) is 11.3. The van der Waals surface area contributed by atoms with Crippen LogP contribution in [0.3, 0.4) is 0 Å². The molecule has 0 atom stereocenters. The number of carbonyl (C=O) groups excluding carboxylic acids is 1. The minimum Gasteiger partial charge on any atom is -0.352 e. The largest absolute Gasteiger partial charge is 0.352 e. The van der Waals surface area contributed by atoms with E-state index in [2.05, 4.69) is 32.7 Å². The number of nitrogens with one attached hydrogen (secondary N) is 1. The fourth-order valence-electron chi connectivity index (χ4n) is 1.91. The average molecular weight is 227 g/mol. The Morgan fingerprint density at radius 1 is 1.19 bits per heavy atom. The second-order valence-corrected chi connectivity index (χ2v) is 4.40. The Balaban J connectivity index is 3.88. The predicted molar refractivity (Wildman–Crippen MR) is 69.2 cm³/mol. The Bertz CT molecular complexity index is 224. The third-order valence-corrected chi connectivity index (χ3v) is 3.49. The summed E-state index contributed by atoms with van der Waals surface area (Å²) in [7, 11) is 0. The molecule has 0 saturated heterocycles. The molecular weight excluding hydrogens is 200 g/mol. The van der Waals surface area contributed by atoms with Gasteiger partial charge in [-0.05, 0) is 27.7 Å². The van der Waals surface area contributed by atoms with Crippen molar-refractivity contribution in [1.82, 2.24) is 5.32 Å². The number of quaternary nitrogens is 1. The molecule has 0 aromatic rings. The van der Waals surface area contributed by atoms with Crippen molar-refractivity contribution in [1.29, 1.82) is 0 Å². The summed E-state index contributed by atoms with van der Waals surface area (Å²) in [5, 5.41) is 2.88. The summed E-state index contributed by atoms with van der Waals surface area (Å²) in [6, 6.07) is 0. The normalized spacial score (nSPS) is 11.2. The van der Waals surface area contributed by atoms with Gasteiger partial charge in [-0.2, -0.15) is 0 Å². The van der Waals surface area contributed by atoms with E-state index in [-0.39, 0.29) is 5.91 Å². The molecule has 0 radical (unpaired) electrons. The fraction of sp³-hybridized carbons (Fsp3) is 0.769. The van der Waals surface area contributed by atoms with Crippen LogP contribution in [0.1, 0.15) is 34.1 Å². The number of amides is 1. The molecule has 0 aromatic heterocycles. The quantitative estimate of drug-likeness (QED) is 0.383. The monoisotopic (exact) mass is 227 g/mol. The van der Waals surface area contributed by atoms with Crippen LogP contribution >= 0.6 is 0 Å². The number of rotatable bonds is 8. The first-order chi connectivity index (χ1) is 7.51. The second-order valence-electron chi connectivity index (χ2n) is 4.40. The van der Waals surface area contributed by atoms with Gasteiger partial charge in [0.2, 0.25) is 5.91 Å². The van der Waals surface area contributed by atoms with Crippen molar-refractivity contribution in [2.75, 3.05) is 32.7 Å². The molecule has 0 rings (SSSR count). The highest BCUT2D eigenvalue weighted by Crippen LogP contribution is 2.06. The molecule has 0 fully saturated rings. The zero-order valence-corrected chi connectivity index (χ0v) is 11.3. The van der Waals surface area contributed by atoms with Gasteiger partial charge in [0.25, 0.3) is 0 Å². The molecule has 0 aromatic carbocycles. The van der Waals surface area contributed by atoms with Gasteiger partial charge in [-0.15, -0.1) is 0 Å². The van der Waals surface area contributed by atoms with Crippen LogP contribution in [0.15, 0.2) is 12.2 Å². The van der Waals surface area contributed by atoms with Crippen molar-refractivity contribution in [3.8, 4) is 0 Å². The molecule has 0 aliphatic carbocycles. The Hall–Kier alpha value is -0.830. The first kappa shape index (κ1) is 15.2. The second kappa shape index (κ2) is 7.44. The lowest BCUT2D eigenvalue weighted by atomic mass is 10.2. The lowest BCUT2D eigenvalue weighted by molar-refractivity contribution is -0.923. The first-order valence-electron chi connectivity index (χ1n) is 6.30. The molecule has 0 saturated carbocycles. The van der Waals surface area contributed by atoms with E-state index >= 15 is 0 Å². The van der Waals surface area contributed by atoms with E-state index in [9.17, 15) is 4.79 Å². The Morgan fingerprint density at radius 2 is 1.69 bits per heavy atom. The SMILES string of the molecule is C=C(C)C(=O)NCCC[N+](CC)(CC)CC. The molecular formula is C13H27N2O+. The van der Waals surface area contributed by atoms with Crippen molar-refractivity contribution < 1.29 is 9.28 Å². The third kappa shape index (κ3) is 4.79. The van der Waals surface area contributed by atoms with Gasteiger partial charge >= 0.3 is 0 Å². The molecule has 0 spiro atoms. The van der Waals surface area contributed by atoms with Crippen LogP contribution in [0.25, 0.3) is 0 Å². The standard InChI is InChI=1S/C13H26N2O/c1-6-15(7-2,8-3)11-9-10-14-13(16)12(4)5/h4,6-11H2,1-3,5H3/p+1. The van der Waals surface area contributed by atoms with Crippen LogP contribution in [0.4, 0.5) is 0 Å². The minimum absolute atomic E-state index is 0.0254. The molecule has 94 valence electrons. The summed E-state index contributed by atoms with van der Waals surface area (Å²) >= 11 is 0. The van der Waals surface area contributed by atoms with Gasteiger partial charge in [-0.1, -0.05) is 6.58 Å². The van der Waals surface area contributed by atoms with Gasteiger partial charge in [-0.3, -0.25) is 4.79 Å². The lowest BCUT2D eigenvalue weighted by Gasteiger charge is -2.35. The van der Waals surface area contributed by atoms with Gasteiger partial charge in [-0.25, -0.2) is 0 Å². The van der Waals surface area contributed by atoms with E-state index in [1.165, 1.54) is 19.6 Å². The van der Waals surface area contributed by atoms with E-state index in [1.54, 1.807) is 6.92 Å². The van der Waals surface area contributed by atoms with E-state index in [0.29, 0.717) is 5.57 Å². The zero-order valence-electron chi connectivity index (χ0n) is 11.3. The highest BCUT2D eigenvalue weighted by Gasteiger charge is 2.19. The highest BCUT2D eigenvalue weighted by atomic mass is 16.1. The first-order valence-corrected chi connectivity index (χ1v) is 6.30. The predicted octanol–water partition coefficient (Wildman–Crippen LogP) is 1.95. The maximum atomic E-state index is 11.3. The number of hydrogen-bond acceptors (Lipinski definition) is 1. The molecule has 0 heterocycles. The molecule has 0 aliphatic heterocycles. The van der Waals surface area contributed by atoms with Crippen molar-refractivity contribution >= 4 is 5.91 Å². The van der Waals surface area contributed by atoms with Crippen LogP contribution in [-0.4, -0.2) is 43.1 Å². The van der Waals surface area contributed by atoms with E-state index in [0.717, 1.165) is 24.0 Å². The molecule has 3 heteroatoms. The summed E-state index contributed by atoms with van der Waals surface area (Å²) < 4.78 is 1.14. The zero-order chi connectivity index (χ0) is 12.6. The van der Waals surface area contributed by atoms with Crippen molar-refractivity contribution in [2.24, 2.45) is 0 Å². The number of carbonyl (C=O) groups is 1. The van der Waals surface area contributed by atoms with Crippen LogP contribution < -0.4 is 5.32 Å². The molecule has 1 amide bonds. The van der Waals surface area contributed by atoms with Crippen molar-refractivity contribution in [3.05, 3.63) is 12.2 Å². The number of nitrogens with zero attached hydrogens (tertiary/aromatic N) is 1. The van der Waals surface area contributed by atoms with E-state index in [1.807, 2.05) is 0 Å². The van der Waals surface area contributed by atoms with Crippen LogP contribution in [-0.2, 0) is 4.79 Å². The Labute approximate surface area is 100 Å². The minimum atomic E-state index is -0.0254. The molecule has 3 nitrogen and oxygen atoms in total. The molecule has 0 aliphatic rings. The Kier molecular flexibility index (Phi) is 7.06. The van der Waals surface area contributed by atoms with Crippen LogP contribution in [0, 0.1) is 0 Å². The van der Waals surface area contributed by atoms with Crippen molar-refractivity contribution in [2.45, 2.75) is 34.1 Å². The van der Waals surface area contributed by atoms with Gasteiger partial charge < -0.3 is 9.80 Å². The smallest absolute Gasteiger partial charge is 0.246 e. The summed E-state index contributed by atoms with van der Waals surface area (Å²) in [6.07, 6.45) is 1.04. The molecule has 1 N–H and O–H groups in total. The molecule has 16 heavy (non-hydrogen) atoms. The van der Waals surface area contributed by atoms with Crippen molar-refractivity contribution in [3.63, 3.8) is 0 Å². The number of hydrogen-bond donors (Lipinski definition) is 1. The van der Waals surface area contributed by atoms with Gasteiger partial charge in [0.1, 0.15) is 0 Å². The van der Waals surface area contributed by atoms with E-state index in [4.69, 9.17) is 0 Å². The Morgan fingerprint density at radius 3 is 2.06 bits per heavy atom. The molecule has 0 bridgehead atoms. The molecule has 0 unspecified atom stereocenters. The van der Waals surface area contributed by atoms with Crippen LogP contribution in [0.2, 0.25) is 0 Å². The van der Waals surface area contributed by atoms with E-state index < -0.39 is 0 Å². The summed E-state index contributed by atoms with van der Waals surface area (Å²) in [5.74, 6) is -0.0254. The lowest BCUT2D eigenvalue weighted by Crippen LogP contribution is -2.48. The summed E-state index contributed by atoms with van der Waals surface area (Å²) in [5.41, 5.74) is 0.585. The maximum Gasteiger partial charge on any atom is 0.246 e. The van der Waals surface area contributed by atoms with Crippen LogP contribution in [0.5, 0.6) is 0 Å². The van der Waals surface area contributed by atoms with Gasteiger partial charge in [0.05, 0.1) is 26.2 Å². The average Bonchev–Trinajstić information content (AvgIpc) is 2.30. The summed E-state index contributed by atoms with van der Waals surface area (Å²) in [6.45, 7) is 17.5. The van der Waals surface area contributed by atoms with Gasteiger partial charge in [0.15, 0.2) is 0 Å².